The van der Waals surface area contributed by atoms with Crippen LogP contribution in [-0.2, 0) is 4.74 Å². The molecule has 1 rings (SSSR count). The van der Waals surface area contributed by atoms with Gasteiger partial charge in [0.1, 0.15) is 0 Å². The number of aliphatic hydroxyl groups is 1. The Hall–Kier alpha value is -0.540. The Bertz CT molecular complexity index is 398. The second kappa shape index (κ2) is 21.3. The first-order valence-electron chi connectivity index (χ1n) is 13.8. The van der Waals surface area contributed by atoms with E-state index in [9.17, 15) is 0 Å². The van der Waals surface area contributed by atoms with Gasteiger partial charge in [-0.05, 0) is 25.7 Å². The first-order chi connectivity index (χ1) is 15.3. The minimum absolute atomic E-state index is 0.367. The van der Waals surface area contributed by atoms with E-state index in [1.807, 2.05) is 7.11 Å². The fraction of sp³-hybridized carbons (Fsp3) is 0.929. The topological polar surface area (TPSA) is 32.7 Å². The molecule has 0 amide bonds. The smallest absolute Gasteiger partial charge is 0.0762 e. The van der Waals surface area contributed by atoms with Crippen molar-refractivity contribution in [2.24, 2.45) is 0 Å². The van der Waals surface area contributed by atoms with Crippen LogP contribution >= 0.6 is 0 Å². The average molecular weight is 438 g/mol. The maximum atomic E-state index is 8.76. The molecular formula is C28H55NO2. The highest BCUT2D eigenvalue weighted by Gasteiger charge is 2.22. The molecule has 1 heterocycles. The van der Waals surface area contributed by atoms with Gasteiger partial charge in [0, 0.05) is 32.5 Å². The lowest BCUT2D eigenvalue weighted by atomic mass is 10.0. The predicted molar refractivity (Wildman–Crippen MR) is 136 cm³/mol. The van der Waals surface area contributed by atoms with E-state index in [2.05, 4.69) is 11.5 Å². The molecule has 31 heavy (non-hydrogen) atoms. The zero-order valence-electron chi connectivity index (χ0n) is 21.1. The van der Waals surface area contributed by atoms with E-state index >= 15 is 0 Å². The standard InChI is InChI=1S/C28H55NO2/c1-27(29-24-23-28(26-29)31-2)22-20-18-16-14-12-10-8-6-4-3-5-7-9-11-13-15-17-19-21-25-30/h28,30H,1,3-26H2,2H3. The molecule has 0 aromatic carbocycles. The molecule has 1 fully saturated rings. The number of methoxy groups -OCH3 is 1. The Kier molecular flexibility index (Phi) is 19.6. The molecule has 0 radical (unpaired) electrons. The van der Waals surface area contributed by atoms with Crippen LogP contribution in [0.2, 0.25) is 0 Å². The largest absolute Gasteiger partial charge is 0.396 e. The van der Waals surface area contributed by atoms with Crippen molar-refractivity contribution in [1.82, 2.24) is 4.90 Å². The summed E-state index contributed by atoms with van der Waals surface area (Å²) in [6.07, 6.45) is 28.9. The predicted octanol–water partition coefficient (Wildman–Crippen LogP) is 8.02. The van der Waals surface area contributed by atoms with Crippen LogP contribution < -0.4 is 0 Å². The molecule has 3 nitrogen and oxygen atoms in total. The van der Waals surface area contributed by atoms with Crippen molar-refractivity contribution in [1.29, 1.82) is 0 Å². The number of hydrogen-bond donors (Lipinski definition) is 1. The molecule has 1 atom stereocenters. The highest BCUT2D eigenvalue weighted by Crippen LogP contribution is 2.21. The quantitative estimate of drug-likeness (QED) is 0.164. The van der Waals surface area contributed by atoms with Crippen LogP contribution in [-0.4, -0.2) is 42.9 Å². The number of rotatable bonds is 23. The molecule has 0 aromatic heterocycles. The first kappa shape index (κ1) is 28.5. The summed E-state index contributed by atoms with van der Waals surface area (Å²) in [7, 11) is 1.82. The van der Waals surface area contributed by atoms with Crippen molar-refractivity contribution in [2.75, 3.05) is 26.8 Å². The summed E-state index contributed by atoms with van der Waals surface area (Å²) in [5.74, 6) is 0. The number of aliphatic hydroxyl groups excluding tert-OH is 1. The van der Waals surface area contributed by atoms with Crippen molar-refractivity contribution >= 4 is 0 Å². The van der Waals surface area contributed by atoms with E-state index in [1.165, 1.54) is 128 Å². The summed E-state index contributed by atoms with van der Waals surface area (Å²) in [6.45, 7) is 6.83. The molecule has 3 heteroatoms. The fourth-order valence-corrected chi connectivity index (χ4v) is 4.81. The number of allylic oxidation sites excluding steroid dienone is 1. The molecule has 0 aliphatic carbocycles. The summed E-state index contributed by atoms with van der Waals surface area (Å²) >= 11 is 0. The summed E-state index contributed by atoms with van der Waals surface area (Å²) < 4.78 is 5.45. The Morgan fingerprint density at radius 2 is 1.10 bits per heavy atom. The van der Waals surface area contributed by atoms with Gasteiger partial charge in [0.15, 0.2) is 0 Å². The molecule has 1 saturated heterocycles. The maximum absolute atomic E-state index is 8.76. The van der Waals surface area contributed by atoms with Crippen LogP contribution in [0.3, 0.4) is 0 Å². The van der Waals surface area contributed by atoms with Gasteiger partial charge < -0.3 is 14.7 Å². The number of nitrogens with zero attached hydrogens (tertiary/aromatic N) is 1. The zero-order chi connectivity index (χ0) is 22.4. The van der Waals surface area contributed by atoms with E-state index < -0.39 is 0 Å². The van der Waals surface area contributed by atoms with Gasteiger partial charge in [-0.1, -0.05) is 116 Å². The van der Waals surface area contributed by atoms with Crippen molar-refractivity contribution in [3.8, 4) is 0 Å². The number of ether oxygens (including phenoxy) is 1. The molecule has 1 aliphatic rings. The van der Waals surface area contributed by atoms with Gasteiger partial charge in [-0.15, -0.1) is 0 Å². The molecule has 0 spiro atoms. The van der Waals surface area contributed by atoms with Gasteiger partial charge in [0.2, 0.25) is 0 Å². The normalized spacial score (nSPS) is 16.3. The van der Waals surface area contributed by atoms with Crippen molar-refractivity contribution in [3.63, 3.8) is 0 Å². The van der Waals surface area contributed by atoms with Gasteiger partial charge in [0.05, 0.1) is 6.10 Å². The van der Waals surface area contributed by atoms with Crippen LogP contribution in [0, 0.1) is 0 Å². The van der Waals surface area contributed by atoms with Crippen LogP contribution in [0.1, 0.15) is 135 Å². The average Bonchev–Trinajstić information content (AvgIpc) is 3.27. The molecule has 1 N–H and O–H groups in total. The lowest BCUT2D eigenvalue weighted by Gasteiger charge is -2.20. The lowest BCUT2D eigenvalue weighted by Crippen LogP contribution is -2.21. The van der Waals surface area contributed by atoms with Crippen molar-refractivity contribution < 1.29 is 9.84 Å². The van der Waals surface area contributed by atoms with Crippen LogP contribution in [0.15, 0.2) is 12.3 Å². The molecule has 1 unspecified atom stereocenters. The van der Waals surface area contributed by atoms with Crippen LogP contribution in [0.4, 0.5) is 0 Å². The third kappa shape index (κ3) is 16.7. The van der Waals surface area contributed by atoms with E-state index in [-0.39, 0.29) is 0 Å². The van der Waals surface area contributed by atoms with Gasteiger partial charge in [-0.3, -0.25) is 0 Å². The van der Waals surface area contributed by atoms with Gasteiger partial charge in [0.25, 0.3) is 0 Å². The second-order valence-corrected chi connectivity index (χ2v) is 9.85. The SMILES string of the molecule is C=C(CCCCCCCCCCCCCCCCCCCCCO)N1CCC(OC)C1. The van der Waals surface area contributed by atoms with Gasteiger partial charge >= 0.3 is 0 Å². The molecule has 184 valence electrons. The Labute approximate surface area is 195 Å². The van der Waals surface area contributed by atoms with Crippen LogP contribution in [0.5, 0.6) is 0 Å². The molecule has 0 aromatic rings. The lowest BCUT2D eigenvalue weighted by molar-refractivity contribution is 0.111. The summed E-state index contributed by atoms with van der Waals surface area (Å²) in [5.41, 5.74) is 1.33. The Morgan fingerprint density at radius 1 is 0.710 bits per heavy atom. The van der Waals surface area contributed by atoms with Gasteiger partial charge in [-0.2, -0.15) is 0 Å². The van der Waals surface area contributed by atoms with Crippen molar-refractivity contribution in [3.05, 3.63) is 12.3 Å². The first-order valence-corrected chi connectivity index (χ1v) is 13.8. The minimum atomic E-state index is 0.367. The molecule has 1 aliphatic heterocycles. The van der Waals surface area contributed by atoms with E-state index in [1.54, 1.807) is 0 Å². The molecular weight excluding hydrogens is 382 g/mol. The summed E-state index contributed by atoms with van der Waals surface area (Å²) in [4.78, 5) is 2.43. The van der Waals surface area contributed by atoms with Crippen molar-refractivity contribution in [2.45, 2.75) is 141 Å². The third-order valence-corrected chi connectivity index (χ3v) is 7.05. The Morgan fingerprint density at radius 3 is 1.45 bits per heavy atom. The third-order valence-electron chi connectivity index (χ3n) is 7.05. The van der Waals surface area contributed by atoms with E-state index in [0.29, 0.717) is 12.7 Å². The van der Waals surface area contributed by atoms with Crippen LogP contribution in [0.25, 0.3) is 0 Å². The number of unbranched alkanes of at least 4 members (excludes halogenated alkanes) is 18. The molecule has 0 saturated carbocycles. The highest BCUT2D eigenvalue weighted by atomic mass is 16.5. The van der Waals surface area contributed by atoms with Gasteiger partial charge in [-0.25, -0.2) is 0 Å². The minimum Gasteiger partial charge on any atom is -0.396 e. The molecule has 0 bridgehead atoms. The number of likely N-dealkylation sites (tertiary alicyclic amines) is 1. The van der Waals surface area contributed by atoms with E-state index in [4.69, 9.17) is 9.84 Å². The highest BCUT2D eigenvalue weighted by molar-refractivity contribution is 4.97. The second-order valence-electron chi connectivity index (χ2n) is 9.85. The zero-order valence-corrected chi connectivity index (χ0v) is 21.1. The maximum Gasteiger partial charge on any atom is 0.0762 e. The monoisotopic (exact) mass is 437 g/mol. The van der Waals surface area contributed by atoms with E-state index in [0.717, 1.165) is 25.9 Å². The number of hydrogen-bond acceptors (Lipinski definition) is 3. The Balaban J connectivity index is 1.71. The summed E-state index contributed by atoms with van der Waals surface area (Å²) in [5, 5.41) is 8.76. The summed E-state index contributed by atoms with van der Waals surface area (Å²) in [6, 6.07) is 0. The fourth-order valence-electron chi connectivity index (χ4n) is 4.81.